The topological polar surface area (TPSA) is 38.7 Å². The molecule has 0 bridgehead atoms. The fourth-order valence-electron chi connectivity index (χ4n) is 1.66. The molecule has 1 aliphatic heterocycles. The lowest BCUT2D eigenvalue weighted by Crippen LogP contribution is -2.23. The third-order valence-corrected chi connectivity index (χ3v) is 2.52. The fourth-order valence-corrected chi connectivity index (χ4v) is 1.66. The van der Waals surface area contributed by atoms with E-state index in [1.807, 2.05) is 18.2 Å². The van der Waals surface area contributed by atoms with E-state index >= 15 is 0 Å². The molecule has 1 atom stereocenters. The number of methoxy groups -OCH3 is 1. The maximum absolute atomic E-state index is 9.01. The van der Waals surface area contributed by atoms with Gasteiger partial charge in [-0.2, -0.15) is 0 Å². The van der Waals surface area contributed by atoms with Gasteiger partial charge in [0.15, 0.2) is 0 Å². The average molecular weight is 194 g/mol. The Kier molecular flexibility index (Phi) is 2.59. The van der Waals surface area contributed by atoms with Gasteiger partial charge in [-0.3, -0.25) is 0 Å². The summed E-state index contributed by atoms with van der Waals surface area (Å²) >= 11 is 0. The zero-order valence-corrected chi connectivity index (χ0v) is 8.19. The smallest absolute Gasteiger partial charge is 0.126 e. The molecule has 0 saturated carbocycles. The maximum Gasteiger partial charge on any atom is 0.126 e. The van der Waals surface area contributed by atoms with Gasteiger partial charge in [0.1, 0.15) is 11.5 Å². The first-order chi connectivity index (χ1) is 6.83. The van der Waals surface area contributed by atoms with Crippen molar-refractivity contribution in [3.05, 3.63) is 23.8 Å². The summed E-state index contributed by atoms with van der Waals surface area (Å²) in [5.74, 6) is 1.93. The molecular weight excluding hydrogens is 180 g/mol. The number of hydrogen-bond donors (Lipinski definition) is 1. The van der Waals surface area contributed by atoms with Crippen LogP contribution in [0.4, 0.5) is 0 Å². The van der Waals surface area contributed by atoms with Crippen LogP contribution < -0.4 is 9.47 Å². The van der Waals surface area contributed by atoms with Gasteiger partial charge >= 0.3 is 0 Å². The van der Waals surface area contributed by atoms with Crippen molar-refractivity contribution in [1.82, 2.24) is 0 Å². The number of ether oxygens (including phenoxy) is 2. The van der Waals surface area contributed by atoms with Gasteiger partial charge in [-0.1, -0.05) is 6.07 Å². The zero-order chi connectivity index (χ0) is 9.97. The number of fused-ring (bicyclic) bond motifs is 1. The Balaban J connectivity index is 2.23. The number of rotatable bonds is 2. The van der Waals surface area contributed by atoms with Crippen molar-refractivity contribution in [3.8, 4) is 11.5 Å². The van der Waals surface area contributed by atoms with Gasteiger partial charge in [-0.25, -0.2) is 0 Å². The second-order valence-electron chi connectivity index (χ2n) is 3.54. The van der Waals surface area contributed by atoms with Gasteiger partial charge in [0.25, 0.3) is 0 Å². The van der Waals surface area contributed by atoms with Gasteiger partial charge in [0.2, 0.25) is 0 Å². The zero-order valence-electron chi connectivity index (χ0n) is 8.19. The van der Waals surface area contributed by atoms with E-state index in [9.17, 15) is 0 Å². The van der Waals surface area contributed by atoms with Crippen LogP contribution in [0.3, 0.4) is 0 Å². The van der Waals surface area contributed by atoms with E-state index < -0.39 is 0 Å². The normalized spacial score (nSPS) is 19.7. The first kappa shape index (κ1) is 9.34. The third kappa shape index (κ3) is 1.68. The summed E-state index contributed by atoms with van der Waals surface area (Å²) in [6, 6.07) is 5.81. The number of aliphatic hydroxyl groups excluding tert-OH is 1. The van der Waals surface area contributed by atoms with Crippen molar-refractivity contribution >= 4 is 0 Å². The summed E-state index contributed by atoms with van der Waals surface area (Å²) in [7, 11) is 1.64. The Hall–Kier alpha value is -1.22. The SMILES string of the molecule is COc1ccc2c(c1)OC[C@H](CO)C2. The van der Waals surface area contributed by atoms with Crippen molar-refractivity contribution < 1.29 is 14.6 Å². The highest BCUT2D eigenvalue weighted by molar-refractivity contribution is 5.42. The largest absolute Gasteiger partial charge is 0.497 e. The molecule has 0 amide bonds. The van der Waals surface area contributed by atoms with Crippen molar-refractivity contribution in [2.24, 2.45) is 5.92 Å². The second kappa shape index (κ2) is 3.88. The Morgan fingerprint density at radius 3 is 3.14 bits per heavy atom. The van der Waals surface area contributed by atoms with Crippen LogP contribution in [0.5, 0.6) is 11.5 Å². The molecule has 0 aromatic heterocycles. The monoisotopic (exact) mass is 194 g/mol. The molecule has 1 aromatic rings. The minimum atomic E-state index is 0.186. The predicted molar refractivity (Wildman–Crippen MR) is 52.8 cm³/mol. The van der Waals surface area contributed by atoms with Crippen LogP contribution in [0.2, 0.25) is 0 Å². The fraction of sp³-hybridized carbons (Fsp3) is 0.455. The molecule has 0 spiro atoms. The van der Waals surface area contributed by atoms with Crippen molar-refractivity contribution in [1.29, 1.82) is 0 Å². The third-order valence-electron chi connectivity index (χ3n) is 2.52. The number of hydrogen-bond acceptors (Lipinski definition) is 3. The molecule has 1 N–H and O–H groups in total. The highest BCUT2D eigenvalue weighted by atomic mass is 16.5. The van der Waals surface area contributed by atoms with Gasteiger partial charge < -0.3 is 14.6 Å². The Morgan fingerprint density at radius 2 is 2.43 bits per heavy atom. The molecule has 0 radical (unpaired) electrons. The first-order valence-electron chi connectivity index (χ1n) is 4.74. The van der Waals surface area contributed by atoms with Gasteiger partial charge in [0, 0.05) is 18.6 Å². The summed E-state index contributed by atoms with van der Waals surface area (Å²) in [5, 5.41) is 9.01. The molecule has 3 nitrogen and oxygen atoms in total. The molecule has 0 unspecified atom stereocenters. The highest BCUT2D eigenvalue weighted by Crippen LogP contribution is 2.30. The summed E-state index contributed by atoms with van der Waals surface area (Å²) in [5.41, 5.74) is 1.15. The van der Waals surface area contributed by atoms with E-state index in [1.54, 1.807) is 7.11 Å². The summed E-state index contributed by atoms with van der Waals surface area (Å²) in [6.07, 6.45) is 0.885. The Labute approximate surface area is 83.3 Å². The summed E-state index contributed by atoms with van der Waals surface area (Å²) in [4.78, 5) is 0. The van der Waals surface area contributed by atoms with E-state index in [0.717, 1.165) is 23.5 Å². The molecule has 3 heteroatoms. The molecule has 76 valence electrons. The maximum atomic E-state index is 9.01. The minimum Gasteiger partial charge on any atom is -0.497 e. The average Bonchev–Trinajstić information content (AvgIpc) is 2.27. The molecule has 14 heavy (non-hydrogen) atoms. The predicted octanol–water partition coefficient (Wildman–Crippen LogP) is 1.24. The van der Waals surface area contributed by atoms with Crippen molar-refractivity contribution in [2.75, 3.05) is 20.3 Å². The van der Waals surface area contributed by atoms with E-state index in [0.29, 0.717) is 6.61 Å². The lowest BCUT2D eigenvalue weighted by Gasteiger charge is -2.24. The molecule has 2 rings (SSSR count). The summed E-state index contributed by atoms with van der Waals surface area (Å²) in [6.45, 7) is 0.780. The highest BCUT2D eigenvalue weighted by Gasteiger charge is 2.19. The number of benzene rings is 1. The molecule has 0 aliphatic carbocycles. The molecular formula is C11H14O3. The molecule has 1 aromatic carbocycles. The minimum absolute atomic E-state index is 0.186. The first-order valence-corrected chi connectivity index (χ1v) is 4.74. The summed E-state index contributed by atoms with van der Waals surface area (Å²) < 4.78 is 10.6. The van der Waals surface area contributed by atoms with Crippen LogP contribution in [0.1, 0.15) is 5.56 Å². The van der Waals surface area contributed by atoms with Crippen molar-refractivity contribution in [3.63, 3.8) is 0 Å². The van der Waals surface area contributed by atoms with Gasteiger partial charge in [-0.15, -0.1) is 0 Å². The standard InChI is InChI=1S/C11H14O3/c1-13-10-3-2-9-4-8(6-12)7-14-11(9)5-10/h2-3,5,8,12H,4,6-7H2,1H3/t8-/m0/s1. The van der Waals surface area contributed by atoms with Crippen molar-refractivity contribution in [2.45, 2.75) is 6.42 Å². The lowest BCUT2D eigenvalue weighted by atomic mass is 9.97. The van der Waals surface area contributed by atoms with Crippen LogP contribution in [0, 0.1) is 5.92 Å². The van der Waals surface area contributed by atoms with E-state index in [4.69, 9.17) is 14.6 Å². The van der Waals surface area contributed by atoms with E-state index in [1.165, 1.54) is 0 Å². The van der Waals surface area contributed by atoms with E-state index in [-0.39, 0.29) is 12.5 Å². The van der Waals surface area contributed by atoms with Crippen LogP contribution in [0.25, 0.3) is 0 Å². The quantitative estimate of drug-likeness (QED) is 0.769. The molecule has 0 fully saturated rings. The van der Waals surface area contributed by atoms with Crippen LogP contribution in [-0.4, -0.2) is 25.4 Å². The molecule has 1 aliphatic rings. The van der Waals surface area contributed by atoms with Crippen LogP contribution >= 0.6 is 0 Å². The van der Waals surface area contributed by atoms with Crippen LogP contribution in [0.15, 0.2) is 18.2 Å². The lowest BCUT2D eigenvalue weighted by molar-refractivity contribution is 0.146. The van der Waals surface area contributed by atoms with Crippen LogP contribution in [-0.2, 0) is 6.42 Å². The Bertz CT molecular complexity index is 322. The molecule has 0 saturated heterocycles. The molecule has 1 heterocycles. The number of aliphatic hydroxyl groups is 1. The second-order valence-corrected chi connectivity index (χ2v) is 3.54. The van der Waals surface area contributed by atoms with Gasteiger partial charge in [0.05, 0.1) is 13.7 Å². The van der Waals surface area contributed by atoms with E-state index in [2.05, 4.69) is 0 Å². The van der Waals surface area contributed by atoms with Gasteiger partial charge in [-0.05, 0) is 18.1 Å². The Morgan fingerprint density at radius 1 is 1.57 bits per heavy atom.